The van der Waals surface area contributed by atoms with E-state index in [1.807, 2.05) is 17.0 Å². The number of carbonyl (C=O) groups is 1. The van der Waals surface area contributed by atoms with Crippen molar-refractivity contribution in [2.45, 2.75) is 19.4 Å². The molecule has 1 unspecified atom stereocenters. The van der Waals surface area contributed by atoms with E-state index in [1.165, 1.54) is 5.56 Å². The number of piperazine rings is 1. The van der Waals surface area contributed by atoms with E-state index in [0.29, 0.717) is 43.2 Å². The fourth-order valence-electron chi connectivity index (χ4n) is 3.64. The molecule has 0 saturated carbocycles. The third-order valence-corrected chi connectivity index (χ3v) is 5.42. The first kappa shape index (κ1) is 20.7. The first-order valence-electron chi connectivity index (χ1n) is 9.85. The minimum atomic E-state index is -0.292. The maximum atomic E-state index is 12.9. The van der Waals surface area contributed by atoms with Gasteiger partial charge in [0.05, 0.1) is 20.3 Å². The SMILES string of the molecule is CCc1ccc(C(C#N)N2CCN(C(=O)c3ccc(OC)c(OC)c3)CC2)cc1. The number of hydrogen-bond donors (Lipinski definition) is 0. The summed E-state index contributed by atoms with van der Waals surface area (Å²) in [4.78, 5) is 16.9. The number of rotatable bonds is 6. The van der Waals surface area contributed by atoms with Gasteiger partial charge in [0.25, 0.3) is 5.91 Å². The number of ether oxygens (including phenoxy) is 2. The van der Waals surface area contributed by atoms with Crippen LogP contribution in [0.4, 0.5) is 0 Å². The standard InChI is InChI=1S/C23H27N3O3/c1-4-17-5-7-18(8-6-17)20(16-24)25-11-13-26(14-12-25)23(27)19-9-10-21(28-2)22(15-19)29-3/h5-10,15,20H,4,11-14H2,1-3H3. The van der Waals surface area contributed by atoms with Gasteiger partial charge in [-0.1, -0.05) is 31.2 Å². The Labute approximate surface area is 172 Å². The molecule has 0 N–H and O–H groups in total. The number of carbonyl (C=O) groups excluding carboxylic acids is 1. The number of aryl methyl sites for hydroxylation is 1. The van der Waals surface area contributed by atoms with Crippen molar-refractivity contribution in [3.05, 3.63) is 59.2 Å². The largest absolute Gasteiger partial charge is 0.493 e. The van der Waals surface area contributed by atoms with Crippen molar-refractivity contribution in [1.29, 1.82) is 5.26 Å². The molecule has 1 heterocycles. The third-order valence-electron chi connectivity index (χ3n) is 5.42. The molecule has 0 radical (unpaired) electrons. The van der Waals surface area contributed by atoms with Crippen LogP contribution in [-0.2, 0) is 6.42 Å². The number of nitrogens with zero attached hydrogens (tertiary/aromatic N) is 3. The molecule has 152 valence electrons. The fraction of sp³-hybridized carbons (Fsp3) is 0.391. The highest BCUT2D eigenvalue weighted by molar-refractivity contribution is 5.95. The Kier molecular flexibility index (Phi) is 6.73. The lowest BCUT2D eigenvalue weighted by Gasteiger charge is -2.37. The summed E-state index contributed by atoms with van der Waals surface area (Å²) in [5.74, 6) is 1.10. The Bertz CT molecular complexity index is 881. The van der Waals surface area contributed by atoms with E-state index in [1.54, 1.807) is 32.4 Å². The lowest BCUT2D eigenvalue weighted by atomic mass is 10.0. The van der Waals surface area contributed by atoms with Gasteiger partial charge in [-0.15, -0.1) is 0 Å². The van der Waals surface area contributed by atoms with Gasteiger partial charge < -0.3 is 14.4 Å². The van der Waals surface area contributed by atoms with Crippen molar-refractivity contribution in [2.75, 3.05) is 40.4 Å². The normalized spacial score (nSPS) is 15.4. The van der Waals surface area contributed by atoms with Crippen molar-refractivity contribution < 1.29 is 14.3 Å². The number of nitriles is 1. The highest BCUT2D eigenvalue weighted by atomic mass is 16.5. The van der Waals surface area contributed by atoms with E-state index in [-0.39, 0.29) is 11.9 Å². The molecule has 6 nitrogen and oxygen atoms in total. The summed E-state index contributed by atoms with van der Waals surface area (Å²) in [5, 5.41) is 9.72. The number of methoxy groups -OCH3 is 2. The summed E-state index contributed by atoms with van der Waals surface area (Å²) in [5.41, 5.74) is 2.84. The van der Waals surface area contributed by atoms with E-state index >= 15 is 0 Å². The van der Waals surface area contributed by atoms with Gasteiger partial charge in [-0.3, -0.25) is 9.69 Å². The lowest BCUT2D eigenvalue weighted by Crippen LogP contribution is -2.49. The van der Waals surface area contributed by atoms with Gasteiger partial charge in [-0.2, -0.15) is 5.26 Å². The summed E-state index contributed by atoms with van der Waals surface area (Å²) in [7, 11) is 3.12. The molecule has 29 heavy (non-hydrogen) atoms. The maximum absolute atomic E-state index is 12.9. The molecule has 1 atom stereocenters. The minimum Gasteiger partial charge on any atom is -0.493 e. The first-order valence-corrected chi connectivity index (χ1v) is 9.85. The molecular formula is C23H27N3O3. The van der Waals surface area contributed by atoms with E-state index in [2.05, 4.69) is 30.0 Å². The number of amides is 1. The van der Waals surface area contributed by atoms with Crippen LogP contribution in [0.1, 0.15) is 34.5 Å². The monoisotopic (exact) mass is 393 g/mol. The Balaban J connectivity index is 1.66. The van der Waals surface area contributed by atoms with E-state index < -0.39 is 0 Å². The third kappa shape index (κ3) is 4.52. The molecular weight excluding hydrogens is 366 g/mol. The van der Waals surface area contributed by atoms with Crippen molar-refractivity contribution in [3.8, 4) is 17.6 Å². The topological polar surface area (TPSA) is 65.8 Å². The molecule has 0 aromatic heterocycles. The molecule has 0 aliphatic carbocycles. The molecule has 1 fully saturated rings. The van der Waals surface area contributed by atoms with Gasteiger partial charge in [0, 0.05) is 31.7 Å². The Morgan fingerprint density at radius 1 is 1.03 bits per heavy atom. The van der Waals surface area contributed by atoms with Gasteiger partial charge in [-0.05, 0) is 35.7 Å². The molecule has 1 aliphatic rings. The van der Waals surface area contributed by atoms with Crippen molar-refractivity contribution in [3.63, 3.8) is 0 Å². The van der Waals surface area contributed by atoms with Gasteiger partial charge in [0.15, 0.2) is 11.5 Å². The summed E-state index contributed by atoms with van der Waals surface area (Å²) in [6.07, 6.45) is 0.981. The predicted octanol–water partition coefficient (Wildman–Crippen LogP) is 3.29. The summed E-state index contributed by atoms with van der Waals surface area (Å²) >= 11 is 0. The zero-order chi connectivity index (χ0) is 20.8. The van der Waals surface area contributed by atoms with Crippen LogP contribution < -0.4 is 9.47 Å². The second kappa shape index (κ2) is 9.44. The quantitative estimate of drug-likeness (QED) is 0.753. The summed E-state index contributed by atoms with van der Waals surface area (Å²) in [6.45, 7) is 4.60. The number of benzene rings is 2. The highest BCUT2D eigenvalue weighted by Gasteiger charge is 2.28. The maximum Gasteiger partial charge on any atom is 0.254 e. The van der Waals surface area contributed by atoms with Gasteiger partial charge >= 0.3 is 0 Å². The van der Waals surface area contributed by atoms with Crippen LogP contribution in [0.5, 0.6) is 11.5 Å². The summed E-state index contributed by atoms with van der Waals surface area (Å²) in [6, 6.07) is 15.6. The molecule has 2 aromatic carbocycles. The van der Waals surface area contributed by atoms with Crippen LogP contribution in [-0.4, -0.2) is 56.1 Å². The number of hydrogen-bond acceptors (Lipinski definition) is 5. The van der Waals surface area contributed by atoms with Crippen molar-refractivity contribution in [1.82, 2.24) is 9.80 Å². The van der Waals surface area contributed by atoms with Crippen LogP contribution >= 0.6 is 0 Å². The Hall–Kier alpha value is -3.04. The molecule has 0 spiro atoms. The van der Waals surface area contributed by atoms with Crippen LogP contribution in [0.2, 0.25) is 0 Å². The zero-order valence-corrected chi connectivity index (χ0v) is 17.2. The lowest BCUT2D eigenvalue weighted by molar-refractivity contribution is 0.0606. The van der Waals surface area contributed by atoms with E-state index in [4.69, 9.17) is 9.47 Å². The van der Waals surface area contributed by atoms with E-state index in [9.17, 15) is 10.1 Å². The Morgan fingerprint density at radius 3 is 2.24 bits per heavy atom. The average Bonchev–Trinajstić information content (AvgIpc) is 2.79. The minimum absolute atomic E-state index is 0.0357. The molecule has 2 aromatic rings. The smallest absolute Gasteiger partial charge is 0.254 e. The van der Waals surface area contributed by atoms with E-state index in [0.717, 1.165) is 12.0 Å². The summed E-state index contributed by atoms with van der Waals surface area (Å²) < 4.78 is 10.5. The Morgan fingerprint density at radius 2 is 1.69 bits per heavy atom. The molecule has 1 aliphatic heterocycles. The van der Waals surface area contributed by atoms with Crippen molar-refractivity contribution in [2.24, 2.45) is 0 Å². The van der Waals surface area contributed by atoms with Crippen LogP contribution in [0.15, 0.2) is 42.5 Å². The average molecular weight is 393 g/mol. The van der Waals surface area contributed by atoms with Crippen LogP contribution in [0.3, 0.4) is 0 Å². The zero-order valence-electron chi connectivity index (χ0n) is 17.2. The molecule has 1 saturated heterocycles. The van der Waals surface area contributed by atoms with Gasteiger partial charge in [0.2, 0.25) is 0 Å². The first-order chi connectivity index (χ1) is 14.1. The highest BCUT2D eigenvalue weighted by Crippen LogP contribution is 2.28. The van der Waals surface area contributed by atoms with Crippen LogP contribution in [0.25, 0.3) is 0 Å². The molecule has 1 amide bonds. The second-order valence-electron chi connectivity index (χ2n) is 7.02. The van der Waals surface area contributed by atoms with Crippen LogP contribution in [0, 0.1) is 11.3 Å². The predicted molar refractivity (Wildman–Crippen MR) is 111 cm³/mol. The molecule has 6 heteroatoms. The van der Waals surface area contributed by atoms with Crippen molar-refractivity contribution >= 4 is 5.91 Å². The second-order valence-corrected chi connectivity index (χ2v) is 7.02. The molecule has 3 rings (SSSR count). The van der Waals surface area contributed by atoms with Gasteiger partial charge in [-0.25, -0.2) is 0 Å². The molecule has 0 bridgehead atoms. The fourth-order valence-corrected chi connectivity index (χ4v) is 3.64. The van der Waals surface area contributed by atoms with Gasteiger partial charge in [0.1, 0.15) is 6.04 Å².